The lowest BCUT2D eigenvalue weighted by Crippen LogP contribution is -2.32. The minimum atomic E-state index is -0.275. The number of aryl methyl sites for hydroxylation is 1. The Morgan fingerprint density at radius 2 is 2.03 bits per heavy atom. The molecule has 3 aromatic rings. The summed E-state index contributed by atoms with van der Waals surface area (Å²) in [5, 5.41) is 2.88. The normalized spacial score (nSPS) is 14.8. The van der Waals surface area contributed by atoms with E-state index in [1.807, 2.05) is 31.2 Å². The van der Waals surface area contributed by atoms with Crippen molar-refractivity contribution in [3.8, 4) is 5.75 Å². The van der Waals surface area contributed by atoms with Gasteiger partial charge in [0.05, 0.1) is 18.3 Å². The number of rotatable bonds is 5. The zero-order valence-electron chi connectivity index (χ0n) is 16.9. The first-order valence-corrected chi connectivity index (χ1v) is 10.1. The first-order chi connectivity index (χ1) is 14.1. The Kier molecular flexibility index (Phi) is 5.38. The molecule has 1 aliphatic rings. The van der Waals surface area contributed by atoms with Crippen LogP contribution >= 0.6 is 0 Å². The molecular formula is C22H26N4O3. The number of imidazole rings is 1. The van der Waals surface area contributed by atoms with Crippen LogP contribution in [0.2, 0.25) is 0 Å². The predicted molar refractivity (Wildman–Crippen MR) is 112 cm³/mol. The summed E-state index contributed by atoms with van der Waals surface area (Å²) in [6, 6.07) is 9.38. The number of nitrogens with zero attached hydrogens (tertiary/aromatic N) is 3. The van der Waals surface area contributed by atoms with Gasteiger partial charge in [0.1, 0.15) is 12.3 Å². The van der Waals surface area contributed by atoms with Gasteiger partial charge in [-0.05, 0) is 49.6 Å². The molecule has 1 aliphatic carbocycles. The molecule has 2 aromatic heterocycles. The van der Waals surface area contributed by atoms with Crippen molar-refractivity contribution >= 4 is 22.8 Å². The van der Waals surface area contributed by atoms with E-state index in [2.05, 4.69) is 10.3 Å². The molecule has 29 heavy (non-hydrogen) atoms. The monoisotopic (exact) mass is 394 g/mol. The van der Waals surface area contributed by atoms with E-state index in [1.54, 1.807) is 23.9 Å². The average Bonchev–Trinajstić information content (AvgIpc) is 3.00. The molecule has 7 heteroatoms. The number of carbonyl (C=O) groups is 1. The van der Waals surface area contributed by atoms with Gasteiger partial charge in [0, 0.05) is 12.2 Å². The second kappa shape index (κ2) is 8.11. The maximum absolute atomic E-state index is 13.2. The van der Waals surface area contributed by atoms with Crippen LogP contribution < -0.4 is 15.7 Å². The predicted octanol–water partition coefficient (Wildman–Crippen LogP) is 3.66. The molecule has 0 bridgehead atoms. The minimum absolute atomic E-state index is 0.0716. The van der Waals surface area contributed by atoms with E-state index in [0.29, 0.717) is 22.6 Å². The van der Waals surface area contributed by atoms with Crippen LogP contribution in [0.25, 0.3) is 11.2 Å². The Balaban J connectivity index is 1.66. The fourth-order valence-electron chi connectivity index (χ4n) is 4.18. The van der Waals surface area contributed by atoms with Gasteiger partial charge in [0.2, 0.25) is 5.91 Å². The third-order valence-corrected chi connectivity index (χ3v) is 5.59. The maximum atomic E-state index is 13.2. The molecule has 1 fully saturated rings. The third-order valence-electron chi connectivity index (χ3n) is 5.59. The third kappa shape index (κ3) is 3.77. The van der Waals surface area contributed by atoms with E-state index in [-0.39, 0.29) is 24.2 Å². The number of methoxy groups -OCH3 is 1. The smallest absolute Gasteiger partial charge is 0.331 e. The summed E-state index contributed by atoms with van der Waals surface area (Å²) in [4.78, 5) is 30.5. The number of aromatic nitrogens is 3. The van der Waals surface area contributed by atoms with Crippen molar-refractivity contribution in [3.05, 3.63) is 52.6 Å². The number of pyridine rings is 1. The molecule has 7 nitrogen and oxygen atoms in total. The minimum Gasteiger partial charge on any atom is -0.495 e. The molecule has 0 radical (unpaired) electrons. The van der Waals surface area contributed by atoms with E-state index in [0.717, 1.165) is 31.2 Å². The van der Waals surface area contributed by atoms with Crippen LogP contribution in [0.4, 0.5) is 5.69 Å². The molecule has 0 unspecified atom stereocenters. The summed E-state index contributed by atoms with van der Waals surface area (Å²) >= 11 is 0. The number of hydrogen-bond acceptors (Lipinski definition) is 4. The largest absolute Gasteiger partial charge is 0.495 e. The number of amides is 1. The van der Waals surface area contributed by atoms with Crippen LogP contribution in [0.1, 0.15) is 43.7 Å². The van der Waals surface area contributed by atoms with Gasteiger partial charge in [0.15, 0.2) is 5.65 Å². The van der Waals surface area contributed by atoms with Crippen molar-refractivity contribution in [1.29, 1.82) is 0 Å². The van der Waals surface area contributed by atoms with Gasteiger partial charge in [0.25, 0.3) is 0 Å². The second-order valence-corrected chi connectivity index (χ2v) is 7.63. The fraction of sp³-hybridized carbons (Fsp3) is 0.409. The second-order valence-electron chi connectivity index (χ2n) is 7.63. The molecular weight excluding hydrogens is 368 g/mol. The zero-order chi connectivity index (χ0) is 20.4. The Bertz CT molecular complexity index is 1090. The summed E-state index contributed by atoms with van der Waals surface area (Å²) in [5.74, 6) is 0.310. The molecule has 1 N–H and O–H groups in total. The summed E-state index contributed by atoms with van der Waals surface area (Å²) in [6.45, 7) is 1.88. The SMILES string of the molecule is COc1ccc(C)cc1NC(=O)Cn1c(=O)n(C2CCCCC2)c2ncccc21. The molecule has 1 amide bonds. The van der Waals surface area contributed by atoms with Crippen LogP contribution in [-0.4, -0.2) is 27.1 Å². The van der Waals surface area contributed by atoms with Crippen molar-refractivity contribution in [3.63, 3.8) is 0 Å². The van der Waals surface area contributed by atoms with Gasteiger partial charge >= 0.3 is 5.69 Å². The molecule has 0 saturated heterocycles. The molecule has 0 atom stereocenters. The molecule has 0 spiro atoms. The van der Waals surface area contributed by atoms with Gasteiger partial charge in [-0.1, -0.05) is 25.3 Å². The maximum Gasteiger partial charge on any atom is 0.331 e. The van der Waals surface area contributed by atoms with Crippen LogP contribution in [0, 0.1) is 6.92 Å². The van der Waals surface area contributed by atoms with Crippen LogP contribution in [0.3, 0.4) is 0 Å². The number of hydrogen-bond donors (Lipinski definition) is 1. The van der Waals surface area contributed by atoms with Crippen LogP contribution in [0.15, 0.2) is 41.3 Å². The lowest BCUT2D eigenvalue weighted by atomic mass is 9.95. The van der Waals surface area contributed by atoms with Crippen molar-refractivity contribution in [1.82, 2.24) is 14.1 Å². The quantitative estimate of drug-likeness (QED) is 0.716. The summed E-state index contributed by atoms with van der Waals surface area (Å²) in [5.41, 5.74) is 2.78. The highest BCUT2D eigenvalue weighted by molar-refractivity contribution is 5.93. The van der Waals surface area contributed by atoms with Crippen molar-refractivity contribution in [2.24, 2.45) is 0 Å². The first kappa shape index (κ1) is 19.2. The number of nitrogens with one attached hydrogen (secondary N) is 1. The van der Waals surface area contributed by atoms with Gasteiger partial charge in [-0.15, -0.1) is 0 Å². The van der Waals surface area contributed by atoms with Gasteiger partial charge in [-0.25, -0.2) is 9.78 Å². The van der Waals surface area contributed by atoms with E-state index < -0.39 is 0 Å². The topological polar surface area (TPSA) is 78.1 Å². The van der Waals surface area contributed by atoms with Crippen molar-refractivity contribution in [2.45, 2.75) is 51.6 Å². The lowest BCUT2D eigenvalue weighted by molar-refractivity contribution is -0.116. The highest BCUT2D eigenvalue weighted by Crippen LogP contribution is 2.29. The standard InChI is InChI=1S/C22H26N4O3/c1-15-10-11-19(29-2)17(13-15)24-20(27)14-25-18-9-6-12-23-21(18)26(22(25)28)16-7-4-3-5-8-16/h6,9-13,16H,3-5,7-8,14H2,1-2H3,(H,24,27). The Morgan fingerprint density at radius 1 is 1.24 bits per heavy atom. The first-order valence-electron chi connectivity index (χ1n) is 10.1. The van der Waals surface area contributed by atoms with E-state index in [4.69, 9.17) is 4.74 Å². The Labute approximate surface area is 169 Å². The summed E-state index contributed by atoms with van der Waals surface area (Å²) in [6.07, 6.45) is 7.08. The number of benzene rings is 1. The zero-order valence-corrected chi connectivity index (χ0v) is 16.9. The summed E-state index contributed by atoms with van der Waals surface area (Å²) in [7, 11) is 1.56. The number of fused-ring (bicyclic) bond motifs is 1. The molecule has 152 valence electrons. The van der Waals surface area contributed by atoms with Gasteiger partial charge in [-0.2, -0.15) is 0 Å². The lowest BCUT2D eigenvalue weighted by Gasteiger charge is -2.22. The van der Waals surface area contributed by atoms with E-state index in [1.165, 1.54) is 11.0 Å². The molecule has 4 rings (SSSR count). The number of anilines is 1. The average molecular weight is 394 g/mol. The van der Waals surface area contributed by atoms with Gasteiger partial charge in [-0.3, -0.25) is 13.9 Å². The van der Waals surface area contributed by atoms with Gasteiger partial charge < -0.3 is 10.1 Å². The van der Waals surface area contributed by atoms with E-state index in [9.17, 15) is 9.59 Å². The highest BCUT2D eigenvalue weighted by Gasteiger charge is 2.24. The number of carbonyl (C=O) groups excluding carboxylic acids is 1. The molecule has 1 saturated carbocycles. The van der Waals surface area contributed by atoms with Crippen LogP contribution in [-0.2, 0) is 11.3 Å². The fourth-order valence-corrected chi connectivity index (χ4v) is 4.18. The van der Waals surface area contributed by atoms with Crippen LogP contribution in [0.5, 0.6) is 5.75 Å². The molecule has 0 aliphatic heterocycles. The highest BCUT2D eigenvalue weighted by atomic mass is 16.5. The van der Waals surface area contributed by atoms with Crippen molar-refractivity contribution in [2.75, 3.05) is 12.4 Å². The molecule has 1 aromatic carbocycles. The van der Waals surface area contributed by atoms with E-state index >= 15 is 0 Å². The molecule has 2 heterocycles. The Morgan fingerprint density at radius 3 is 2.79 bits per heavy atom. The Hall–Kier alpha value is -3.09. The number of ether oxygens (including phenoxy) is 1. The van der Waals surface area contributed by atoms with Crippen molar-refractivity contribution < 1.29 is 9.53 Å². The summed E-state index contributed by atoms with van der Waals surface area (Å²) < 4.78 is 8.64.